The molecule has 108 valence electrons. The molecule has 0 heterocycles. The van der Waals surface area contributed by atoms with E-state index in [2.05, 4.69) is 6.07 Å². The number of ketones is 1. The van der Waals surface area contributed by atoms with E-state index in [1.54, 1.807) is 6.92 Å². The molecule has 0 amide bonds. The monoisotopic (exact) mass is 276 g/mol. The fourth-order valence-electron chi connectivity index (χ4n) is 2.39. The van der Waals surface area contributed by atoms with Crippen LogP contribution in [0.1, 0.15) is 37.3 Å². The van der Waals surface area contributed by atoms with Crippen molar-refractivity contribution in [2.24, 2.45) is 0 Å². The fraction of sp³-hybridized carbons (Fsp3) is 0.500. The zero-order valence-electron chi connectivity index (χ0n) is 11.8. The molecule has 0 N–H and O–H groups in total. The standard InChI is InChI=1S/C16H20O4/c1-2-19-16(18)10-14(17)11-20-15-8-7-12-5-3-4-6-13(12)9-15/h7-9H,2-6,10-11H2,1H3. The van der Waals surface area contributed by atoms with E-state index in [0.717, 1.165) is 12.8 Å². The molecule has 0 unspecified atom stereocenters. The first-order valence-electron chi connectivity index (χ1n) is 7.11. The highest BCUT2D eigenvalue weighted by Crippen LogP contribution is 2.25. The summed E-state index contributed by atoms with van der Waals surface area (Å²) in [6.07, 6.45) is 4.42. The Bertz CT molecular complexity index is 493. The molecular weight excluding hydrogens is 256 g/mol. The van der Waals surface area contributed by atoms with Gasteiger partial charge in [0.2, 0.25) is 0 Å². The summed E-state index contributed by atoms with van der Waals surface area (Å²) >= 11 is 0. The van der Waals surface area contributed by atoms with Gasteiger partial charge in [0.1, 0.15) is 18.8 Å². The molecule has 0 aliphatic heterocycles. The number of hydrogen-bond donors (Lipinski definition) is 0. The van der Waals surface area contributed by atoms with Crippen molar-refractivity contribution in [2.45, 2.75) is 39.0 Å². The van der Waals surface area contributed by atoms with Gasteiger partial charge in [-0.05, 0) is 55.9 Å². The van der Waals surface area contributed by atoms with Crippen LogP contribution in [0.4, 0.5) is 0 Å². The summed E-state index contributed by atoms with van der Waals surface area (Å²) in [5, 5.41) is 0. The number of aryl methyl sites for hydroxylation is 2. The van der Waals surface area contributed by atoms with Crippen LogP contribution in [0.2, 0.25) is 0 Å². The highest BCUT2D eigenvalue weighted by Gasteiger charge is 2.13. The lowest BCUT2D eigenvalue weighted by molar-refractivity contribution is -0.145. The maximum atomic E-state index is 11.6. The van der Waals surface area contributed by atoms with Crippen LogP contribution in [0.3, 0.4) is 0 Å². The summed E-state index contributed by atoms with van der Waals surface area (Å²) in [6.45, 7) is 1.92. The number of esters is 1. The molecular formula is C16H20O4. The van der Waals surface area contributed by atoms with Crippen LogP contribution in [-0.2, 0) is 27.2 Å². The van der Waals surface area contributed by atoms with E-state index >= 15 is 0 Å². The molecule has 0 bridgehead atoms. The molecule has 0 fully saturated rings. The Kier molecular flexibility index (Phi) is 5.16. The summed E-state index contributed by atoms with van der Waals surface area (Å²) in [4.78, 5) is 22.7. The third-order valence-electron chi connectivity index (χ3n) is 3.37. The molecule has 0 spiro atoms. The lowest BCUT2D eigenvalue weighted by Crippen LogP contribution is -2.17. The summed E-state index contributed by atoms with van der Waals surface area (Å²) in [6, 6.07) is 5.97. The second-order valence-corrected chi connectivity index (χ2v) is 4.95. The molecule has 20 heavy (non-hydrogen) atoms. The first-order chi connectivity index (χ1) is 9.69. The maximum Gasteiger partial charge on any atom is 0.313 e. The zero-order chi connectivity index (χ0) is 14.4. The molecule has 0 saturated heterocycles. The van der Waals surface area contributed by atoms with Gasteiger partial charge in [0.05, 0.1) is 6.61 Å². The van der Waals surface area contributed by atoms with E-state index in [1.165, 1.54) is 24.0 Å². The smallest absolute Gasteiger partial charge is 0.313 e. The summed E-state index contributed by atoms with van der Waals surface area (Å²) in [7, 11) is 0. The van der Waals surface area contributed by atoms with E-state index in [9.17, 15) is 9.59 Å². The highest BCUT2D eigenvalue weighted by molar-refractivity contribution is 5.96. The topological polar surface area (TPSA) is 52.6 Å². The minimum Gasteiger partial charge on any atom is -0.486 e. The molecule has 4 nitrogen and oxygen atoms in total. The quantitative estimate of drug-likeness (QED) is 0.591. The van der Waals surface area contributed by atoms with Crippen LogP contribution in [0, 0.1) is 0 Å². The van der Waals surface area contributed by atoms with Crippen LogP contribution in [0.15, 0.2) is 18.2 Å². The Balaban J connectivity index is 1.84. The second kappa shape index (κ2) is 7.08. The zero-order valence-corrected chi connectivity index (χ0v) is 11.8. The Morgan fingerprint density at radius 1 is 1.15 bits per heavy atom. The average Bonchev–Trinajstić information content (AvgIpc) is 2.45. The number of ether oxygens (including phenoxy) is 2. The van der Waals surface area contributed by atoms with Crippen molar-refractivity contribution in [1.82, 2.24) is 0 Å². The lowest BCUT2D eigenvalue weighted by atomic mass is 9.92. The number of carbonyl (C=O) groups is 2. The van der Waals surface area contributed by atoms with Gasteiger partial charge < -0.3 is 9.47 Å². The van der Waals surface area contributed by atoms with Gasteiger partial charge in [-0.25, -0.2) is 0 Å². The molecule has 4 heteroatoms. The average molecular weight is 276 g/mol. The summed E-state index contributed by atoms with van der Waals surface area (Å²) < 4.78 is 10.2. The van der Waals surface area contributed by atoms with Gasteiger partial charge in [-0.1, -0.05) is 6.07 Å². The molecule has 1 aliphatic rings. The van der Waals surface area contributed by atoms with Crippen LogP contribution in [0.25, 0.3) is 0 Å². The predicted octanol–water partition coefficient (Wildman–Crippen LogP) is 2.47. The van der Waals surface area contributed by atoms with Crippen molar-refractivity contribution in [3.05, 3.63) is 29.3 Å². The Labute approximate surface area is 119 Å². The van der Waals surface area contributed by atoms with Crippen LogP contribution >= 0.6 is 0 Å². The summed E-state index contributed by atoms with van der Waals surface area (Å²) in [5.74, 6) is -0.0597. The highest BCUT2D eigenvalue weighted by atomic mass is 16.5. The predicted molar refractivity (Wildman–Crippen MR) is 74.8 cm³/mol. The minimum absolute atomic E-state index is 0.0857. The number of benzene rings is 1. The van der Waals surface area contributed by atoms with Gasteiger partial charge in [0, 0.05) is 0 Å². The molecule has 0 saturated carbocycles. The minimum atomic E-state index is -0.494. The second-order valence-electron chi connectivity index (χ2n) is 4.95. The molecule has 0 radical (unpaired) electrons. The first-order valence-corrected chi connectivity index (χ1v) is 7.11. The van der Waals surface area contributed by atoms with Crippen molar-refractivity contribution >= 4 is 11.8 Å². The van der Waals surface area contributed by atoms with Crippen LogP contribution < -0.4 is 4.74 Å². The number of hydrogen-bond acceptors (Lipinski definition) is 4. The van der Waals surface area contributed by atoms with Crippen molar-refractivity contribution in [3.8, 4) is 5.75 Å². The van der Waals surface area contributed by atoms with Crippen molar-refractivity contribution in [2.75, 3.05) is 13.2 Å². The van der Waals surface area contributed by atoms with Gasteiger partial charge in [-0.2, -0.15) is 0 Å². The summed E-state index contributed by atoms with van der Waals surface area (Å²) in [5.41, 5.74) is 2.69. The van der Waals surface area contributed by atoms with Gasteiger partial charge in [0.15, 0.2) is 5.78 Å². The Morgan fingerprint density at radius 3 is 2.65 bits per heavy atom. The SMILES string of the molecule is CCOC(=O)CC(=O)COc1ccc2c(c1)CCCC2. The van der Waals surface area contributed by atoms with Gasteiger partial charge in [0.25, 0.3) is 0 Å². The number of fused-ring (bicyclic) bond motifs is 1. The molecule has 0 aromatic heterocycles. The molecule has 2 rings (SSSR count). The van der Waals surface area contributed by atoms with E-state index in [0.29, 0.717) is 5.75 Å². The number of carbonyl (C=O) groups excluding carboxylic acids is 2. The van der Waals surface area contributed by atoms with Crippen LogP contribution in [-0.4, -0.2) is 25.0 Å². The first kappa shape index (κ1) is 14.6. The molecule has 0 atom stereocenters. The van der Waals surface area contributed by atoms with Gasteiger partial charge >= 0.3 is 5.97 Å². The Hall–Kier alpha value is -1.84. The van der Waals surface area contributed by atoms with E-state index in [1.807, 2.05) is 12.1 Å². The third-order valence-corrected chi connectivity index (χ3v) is 3.37. The molecule has 1 aromatic rings. The number of Topliss-reactive ketones (excluding diaryl/α,β-unsaturated/α-hetero) is 1. The molecule has 1 aliphatic carbocycles. The van der Waals surface area contributed by atoms with E-state index < -0.39 is 5.97 Å². The van der Waals surface area contributed by atoms with Crippen molar-refractivity contribution < 1.29 is 19.1 Å². The molecule has 1 aromatic carbocycles. The Morgan fingerprint density at radius 2 is 1.90 bits per heavy atom. The maximum absolute atomic E-state index is 11.6. The third kappa shape index (κ3) is 4.08. The van der Waals surface area contributed by atoms with Crippen LogP contribution in [0.5, 0.6) is 5.75 Å². The van der Waals surface area contributed by atoms with Crippen molar-refractivity contribution in [1.29, 1.82) is 0 Å². The van der Waals surface area contributed by atoms with E-state index in [-0.39, 0.29) is 25.4 Å². The lowest BCUT2D eigenvalue weighted by Gasteiger charge is -2.16. The largest absolute Gasteiger partial charge is 0.486 e. The van der Waals surface area contributed by atoms with Gasteiger partial charge in [-0.15, -0.1) is 0 Å². The van der Waals surface area contributed by atoms with Crippen molar-refractivity contribution in [3.63, 3.8) is 0 Å². The van der Waals surface area contributed by atoms with Gasteiger partial charge in [-0.3, -0.25) is 9.59 Å². The van der Waals surface area contributed by atoms with E-state index in [4.69, 9.17) is 9.47 Å². The normalized spacial score (nSPS) is 13.4. The fourth-order valence-corrected chi connectivity index (χ4v) is 2.39. The number of rotatable bonds is 6.